The maximum Gasteiger partial charge on any atom is 0.416 e. The monoisotopic (exact) mass is 494 g/mol. The zero-order valence-corrected chi connectivity index (χ0v) is 18.1. The Bertz CT molecular complexity index is 1140. The molecular formula is C21H18BrF3N4O2. The molecular weight excluding hydrogens is 477 g/mol. The van der Waals surface area contributed by atoms with Crippen LogP contribution in [-0.4, -0.2) is 28.1 Å². The third kappa shape index (κ3) is 5.32. The zero-order chi connectivity index (χ0) is 22.8. The smallest absolute Gasteiger partial charge is 0.343 e. The SMILES string of the molecule is Cc1cc(Br)ccc1NC(=O)CNC(=O)c1cnn(-c2cccc(C(F)(F)F)c2)c1C. The predicted octanol–water partition coefficient (Wildman–Crippen LogP) is 4.64. The van der Waals surface area contributed by atoms with E-state index in [9.17, 15) is 22.8 Å². The number of aromatic nitrogens is 2. The van der Waals surface area contributed by atoms with Crippen molar-refractivity contribution in [3.63, 3.8) is 0 Å². The lowest BCUT2D eigenvalue weighted by molar-refractivity contribution is -0.137. The highest BCUT2D eigenvalue weighted by molar-refractivity contribution is 9.10. The number of benzene rings is 2. The Morgan fingerprint density at radius 1 is 1.13 bits per heavy atom. The van der Waals surface area contributed by atoms with Gasteiger partial charge in [-0.1, -0.05) is 22.0 Å². The lowest BCUT2D eigenvalue weighted by Gasteiger charge is -2.11. The van der Waals surface area contributed by atoms with Gasteiger partial charge >= 0.3 is 6.18 Å². The Balaban J connectivity index is 1.68. The van der Waals surface area contributed by atoms with E-state index < -0.39 is 23.6 Å². The Morgan fingerprint density at radius 3 is 2.55 bits per heavy atom. The Hall–Kier alpha value is -3.14. The van der Waals surface area contributed by atoms with E-state index >= 15 is 0 Å². The van der Waals surface area contributed by atoms with Crippen molar-refractivity contribution >= 4 is 33.4 Å². The second-order valence-corrected chi connectivity index (χ2v) is 7.71. The summed E-state index contributed by atoms with van der Waals surface area (Å²) < 4.78 is 41.0. The van der Waals surface area contributed by atoms with Crippen LogP contribution < -0.4 is 10.6 Å². The molecule has 0 aliphatic carbocycles. The van der Waals surface area contributed by atoms with Crippen LogP contribution in [0.25, 0.3) is 5.69 Å². The first-order chi connectivity index (χ1) is 14.6. The van der Waals surface area contributed by atoms with Crippen LogP contribution in [0.5, 0.6) is 0 Å². The summed E-state index contributed by atoms with van der Waals surface area (Å²) in [5.74, 6) is -0.972. The highest BCUT2D eigenvalue weighted by Gasteiger charge is 2.30. The van der Waals surface area contributed by atoms with Crippen molar-refractivity contribution in [3.8, 4) is 5.69 Å². The molecule has 2 amide bonds. The topological polar surface area (TPSA) is 76.0 Å². The fourth-order valence-corrected chi connectivity index (χ4v) is 3.40. The summed E-state index contributed by atoms with van der Waals surface area (Å²) in [6.07, 6.45) is -3.24. The number of alkyl halides is 3. The van der Waals surface area contributed by atoms with Crippen molar-refractivity contribution in [1.82, 2.24) is 15.1 Å². The summed E-state index contributed by atoms with van der Waals surface area (Å²) in [5.41, 5.74) is 1.34. The van der Waals surface area contributed by atoms with Gasteiger partial charge in [0.05, 0.1) is 35.2 Å². The van der Waals surface area contributed by atoms with Crippen molar-refractivity contribution < 1.29 is 22.8 Å². The second kappa shape index (κ2) is 8.93. The van der Waals surface area contributed by atoms with Gasteiger partial charge in [-0.05, 0) is 55.8 Å². The summed E-state index contributed by atoms with van der Waals surface area (Å²) in [5, 5.41) is 9.23. The van der Waals surface area contributed by atoms with Crippen LogP contribution in [0.4, 0.5) is 18.9 Å². The maximum absolute atomic E-state index is 13.0. The fraction of sp³-hybridized carbons (Fsp3) is 0.190. The average molecular weight is 495 g/mol. The van der Waals surface area contributed by atoms with Gasteiger partial charge < -0.3 is 10.6 Å². The molecule has 0 fully saturated rings. The number of halogens is 4. The molecule has 0 saturated carbocycles. The number of hydrogen-bond donors (Lipinski definition) is 2. The Labute approximate surface area is 184 Å². The largest absolute Gasteiger partial charge is 0.416 e. The van der Waals surface area contributed by atoms with Crippen LogP contribution in [0.15, 0.2) is 53.1 Å². The minimum absolute atomic E-state index is 0.157. The van der Waals surface area contributed by atoms with E-state index in [1.807, 2.05) is 13.0 Å². The number of anilines is 1. The van der Waals surface area contributed by atoms with Gasteiger partial charge in [0, 0.05) is 10.2 Å². The molecule has 0 radical (unpaired) electrons. The maximum atomic E-state index is 13.0. The molecule has 0 aliphatic rings. The molecule has 0 spiro atoms. The van der Waals surface area contributed by atoms with Gasteiger partial charge in [0.15, 0.2) is 0 Å². The van der Waals surface area contributed by atoms with E-state index in [0.29, 0.717) is 11.4 Å². The van der Waals surface area contributed by atoms with E-state index in [1.54, 1.807) is 19.1 Å². The third-order valence-electron chi connectivity index (χ3n) is 4.54. The molecule has 1 heterocycles. The number of hydrogen-bond acceptors (Lipinski definition) is 3. The molecule has 0 unspecified atom stereocenters. The van der Waals surface area contributed by atoms with Crippen molar-refractivity contribution in [1.29, 1.82) is 0 Å². The average Bonchev–Trinajstić information content (AvgIpc) is 3.09. The van der Waals surface area contributed by atoms with E-state index in [-0.39, 0.29) is 17.8 Å². The van der Waals surface area contributed by atoms with Gasteiger partial charge in [-0.25, -0.2) is 4.68 Å². The van der Waals surface area contributed by atoms with Crippen LogP contribution >= 0.6 is 15.9 Å². The van der Waals surface area contributed by atoms with Crippen molar-refractivity contribution in [3.05, 3.63) is 75.5 Å². The minimum Gasteiger partial charge on any atom is -0.343 e. The Kier molecular flexibility index (Phi) is 6.49. The second-order valence-electron chi connectivity index (χ2n) is 6.79. The molecule has 3 aromatic rings. The predicted molar refractivity (Wildman–Crippen MR) is 113 cm³/mol. The molecule has 1 aromatic heterocycles. The van der Waals surface area contributed by atoms with Crippen LogP contribution in [0.3, 0.4) is 0 Å². The minimum atomic E-state index is -4.49. The normalized spacial score (nSPS) is 11.3. The van der Waals surface area contributed by atoms with Gasteiger partial charge in [-0.2, -0.15) is 18.3 Å². The fourth-order valence-electron chi connectivity index (χ4n) is 2.92. The van der Waals surface area contributed by atoms with Gasteiger partial charge in [0.1, 0.15) is 0 Å². The van der Waals surface area contributed by atoms with Crippen LogP contribution in [-0.2, 0) is 11.0 Å². The van der Waals surface area contributed by atoms with Gasteiger partial charge in [0.25, 0.3) is 5.91 Å². The van der Waals surface area contributed by atoms with Crippen LogP contribution in [0.1, 0.15) is 27.2 Å². The van der Waals surface area contributed by atoms with Crippen molar-refractivity contribution in [2.24, 2.45) is 0 Å². The first kappa shape index (κ1) is 22.5. The summed E-state index contributed by atoms with van der Waals surface area (Å²) in [7, 11) is 0. The van der Waals surface area contributed by atoms with Crippen LogP contribution in [0, 0.1) is 13.8 Å². The summed E-state index contributed by atoms with van der Waals surface area (Å²) in [6.45, 7) is 3.13. The van der Waals surface area contributed by atoms with E-state index in [4.69, 9.17) is 0 Å². The number of aryl methyl sites for hydroxylation is 1. The lowest BCUT2D eigenvalue weighted by atomic mass is 10.2. The van der Waals surface area contributed by atoms with E-state index in [0.717, 1.165) is 22.2 Å². The van der Waals surface area contributed by atoms with Gasteiger partial charge in [-0.3, -0.25) is 9.59 Å². The molecule has 10 heteroatoms. The molecule has 0 aliphatic heterocycles. The lowest BCUT2D eigenvalue weighted by Crippen LogP contribution is -2.33. The molecule has 0 saturated heterocycles. The molecule has 31 heavy (non-hydrogen) atoms. The Morgan fingerprint density at radius 2 is 1.87 bits per heavy atom. The third-order valence-corrected chi connectivity index (χ3v) is 5.04. The number of nitrogens with zero attached hydrogens (tertiary/aromatic N) is 2. The molecule has 6 nitrogen and oxygen atoms in total. The number of amides is 2. The number of carbonyl (C=O) groups is 2. The van der Waals surface area contributed by atoms with E-state index in [2.05, 4.69) is 31.7 Å². The quantitative estimate of drug-likeness (QED) is 0.542. The first-order valence-corrected chi connectivity index (χ1v) is 9.92. The number of nitrogens with one attached hydrogen (secondary N) is 2. The molecule has 0 bridgehead atoms. The van der Waals surface area contributed by atoms with Gasteiger partial charge in [-0.15, -0.1) is 0 Å². The molecule has 3 rings (SSSR count). The molecule has 2 N–H and O–H groups in total. The first-order valence-electron chi connectivity index (χ1n) is 9.12. The highest BCUT2D eigenvalue weighted by Crippen LogP contribution is 2.30. The van der Waals surface area contributed by atoms with E-state index in [1.165, 1.54) is 23.0 Å². The molecule has 2 aromatic carbocycles. The summed E-state index contributed by atoms with van der Waals surface area (Å²) in [6, 6.07) is 10.0. The summed E-state index contributed by atoms with van der Waals surface area (Å²) in [4.78, 5) is 24.6. The van der Waals surface area contributed by atoms with Crippen molar-refractivity contribution in [2.45, 2.75) is 20.0 Å². The summed E-state index contributed by atoms with van der Waals surface area (Å²) >= 11 is 3.34. The molecule has 0 atom stereocenters. The standard InChI is InChI=1S/C21H18BrF3N4O2/c1-12-8-15(22)6-7-18(12)28-19(30)11-26-20(31)17-10-27-29(13(17)2)16-5-3-4-14(9-16)21(23,24)25/h3-10H,11H2,1-2H3,(H,26,31)(H,28,30). The highest BCUT2D eigenvalue weighted by atomic mass is 79.9. The van der Waals surface area contributed by atoms with Crippen LogP contribution in [0.2, 0.25) is 0 Å². The molecule has 162 valence electrons. The van der Waals surface area contributed by atoms with Crippen molar-refractivity contribution in [2.75, 3.05) is 11.9 Å². The number of rotatable bonds is 5. The van der Waals surface area contributed by atoms with Gasteiger partial charge in [0.2, 0.25) is 5.91 Å². The zero-order valence-electron chi connectivity index (χ0n) is 16.5. The number of carbonyl (C=O) groups excluding carboxylic acids is 2.